The normalized spacial score (nSPS) is 12.0. The molecule has 2 rings (SSSR count). The molecule has 0 fully saturated rings. The van der Waals surface area contributed by atoms with Crippen LogP contribution in [0.25, 0.3) is 5.69 Å². The first kappa shape index (κ1) is 17.1. The molecule has 1 atom stereocenters. The van der Waals surface area contributed by atoms with Crippen LogP contribution in [0, 0.1) is 6.92 Å². The molecule has 1 unspecified atom stereocenters. The standard InChI is InChI=1S/C16H19N3O3S/c1-10(23-3)7-15(20)18-12-5-4-6-13(8-12)19-11(2)14(9-17-19)16(21)22/h4-6,8-10H,7H2,1-3H3,(H,18,20)(H,21,22). The van der Waals surface area contributed by atoms with Gasteiger partial charge in [0.25, 0.3) is 0 Å². The van der Waals surface area contributed by atoms with Gasteiger partial charge in [0.1, 0.15) is 5.56 Å². The number of hydrogen-bond donors (Lipinski definition) is 2. The first-order valence-corrected chi connectivity index (χ1v) is 8.42. The second-order valence-corrected chi connectivity index (χ2v) is 6.49. The van der Waals surface area contributed by atoms with E-state index in [0.717, 1.165) is 0 Å². The lowest BCUT2D eigenvalue weighted by atomic mass is 10.2. The topological polar surface area (TPSA) is 84.2 Å². The maximum absolute atomic E-state index is 12.0. The molecule has 0 radical (unpaired) electrons. The van der Waals surface area contributed by atoms with Crippen LogP contribution in [0.3, 0.4) is 0 Å². The zero-order valence-corrected chi connectivity index (χ0v) is 14.1. The lowest BCUT2D eigenvalue weighted by Gasteiger charge is -2.11. The SMILES string of the molecule is CSC(C)CC(=O)Nc1cccc(-n2ncc(C(=O)O)c2C)c1. The monoisotopic (exact) mass is 333 g/mol. The number of nitrogens with zero attached hydrogens (tertiary/aromatic N) is 2. The fraction of sp³-hybridized carbons (Fsp3) is 0.312. The summed E-state index contributed by atoms with van der Waals surface area (Å²) in [6.07, 6.45) is 3.73. The van der Waals surface area contributed by atoms with Crippen molar-refractivity contribution in [2.24, 2.45) is 0 Å². The van der Waals surface area contributed by atoms with Gasteiger partial charge in [0.05, 0.1) is 17.6 Å². The van der Waals surface area contributed by atoms with Crippen molar-refractivity contribution in [1.82, 2.24) is 9.78 Å². The molecule has 2 N–H and O–H groups in total. The molecule has 0 bridgehead atoms. The minimum absolute atomic E-state index is 0.0487. The highest BCUT2D eigenvalue weighted by atomic mass is 32.2. The Balaban J connectivity index is 2.20. The summed E-state index contributed by atoms with van der Waals surface area (Å²) in [6.45, 7) is 3.70. The molecular weight excluding hydrogens is 314 g/mol. The number of thioether (sulfide) groups is 1. The number of carbonyl (C=O) groups is 2. The summed E-state index contributed by atoms with van der Waals surface area (Å²) in [5, 5.41) is 16.3. The van der Waals surface area contributed by atoms with Crippen molar-refractivity contribution in [3.63, 3.8) is 0 Å². The number of amides is 1. The third kappa shape index (κ3) is 4.13. The van der Waals surface area contributed by atoms with Crippen molar-refractivity contribution in [2.45, 2.75) is 25.5 Å². The van der Waals surface area contributed by atoms with Gasteiger partial charge in [-0.15, -0.1) is 0 Å². The predicted octanol–water partition coefficient (Wildman–Crippen LogP) is 2.96. The van der Waals surface area contributed by atoms with Crippen LogP contribution in [-0.2, 0) is 4.79 Å². The number of carboxylic acids is 1. The van der Waals surface area contributed by atoms with E-state index < -0.39 is 5.97 Å². The summed E-state index contributed by atoms with van der Waals surface area (Å²) in [6, 6.07) is 7.17. The molecule has 122 valence electrons. The molecular formula is C16H19N3O3S. The summed E-state index contributed by atoms with van der Waals surface area (Å²) in [4.78, 5) is 23.1. The highest BCUT2D eigenvalue weighted by molar-refractivity contribution is 7.99. The quantitative estimate of drug-likeness (QED) is 0.849. The fourth-order valence-electron chi connectivity index (χ4n) is 2.15. The second-order valence-electron chi connectivity index (χ2n) is 5.21. The van der Waals surface area contributed by atoms with Crippen LogP contribution in [0.4, 0.5) is 5.69 Å². The van der Waals surface area contributed by atoms with Gasteiger partial charge in [-0.2, -0.15) is 16.9 Å². The summed E-state index contributed by atoms with van der Waals surface area (Å²) in [5.74, 6) is -1.06. The zero-order valence-electron chi connectivity index (χ0n) is 13.2. The number of aromatic nitrogens is 2. The molecule has 0 aliphatic carbocycles. The lowest BCUT2D eigenvalue weighted by molar-refractivity contribution is -0.116. The van der Waals surface area contributed by atoms with Gasteiger partial charge in [0, 0.05) is 17.4 Å². The zero-order chi connectivity index (χ0) is 17.0. The molecule has 0 saturated carbocycles. The molecule has 1 amide bonds. The van der Waals surface area contributed by atoms with E-state index in [4.69, 9.17) is 5.11 Å². The molecule has 0 saturated heterocycles. The summed E-state index contributed by atoms with van der Waals surface area (Å²) >= 11 is 1.64. The maximum Gasteiger partial charge on any atom is 0.339 e. The van der Waals surface area contributed by atoms with E-state index in [-0.39, 0.29) is 16.7 Å². The number of aromatic carboxylic acids is 1. The molecule has 0 aliphatic rings. The molecule has 1 aromatic carbocycles. The lowest BCUT2D eigenvalue weighted by Crippen LogP contribution is -2.16. The van der Waals surface area contributed by atoms with E-state index in [0.29, 0.717) is 23.5 Å². The number of rotatable bonds is 6. The minimum Gasteiger partial charge on any atom is -0.478 e. The Morgan fingerprint density at radius 1 is 1.43 bits per heavy atom. The van der Waals surface area contributed by atoms with Gasteiger partial charge >= 0.3 is 5.97 Å². The Kier molecular flexibility index (Phi) is 5.44. The molecule has 7 heteroatoms. The van der Waals surface area contributed by atoms with Gasteiger partial charge in [-0.1, -0.05) is 13.0 Å². The second kappa shape index (κ2) is 7.32. The average molecular weight is 333 g/mol. The third-order valence-corrected chi connectivity index (χ3v) is 4.46. The maximum atomic E-state index is 12.0. The van der Waals surface area contributed by atoms with Crippen molar-refractivity contribution < 1.29 is 14.7 Å². The van der Waals surface area contributed by atoms with Gasteiger partial charge < -0.3 is 10.4 Å². The molecule has 1 aromatic heterocycles. The molecule has 0 spiro atoms. The Bertz CT molecular complexity index is 727. The number of nitrogens with one attached hydrogen (secondary N) is 1. The van der Waals surface area contributed by atoms with Gasteiger partial charge in [-0.25, -0.2) is 9.48 Å². The minimum atomic E-state index is -1.01. The number of anilines is 1. The average Bonchev–Trinajstić information content (AvgIpc) is 2.89. The van der Waals surface area contributed by atoms with Crippen LogP contribution in [-0.4, -0.2) is 38.3 Å². The number of benzene rings is 1. The van der Waals surface area contributed by atoms with E-state index >= 15 is 0 Å². The van der Waals surface area contributed by atoms with Crippen LogP contribution in [0.2, 0.25) is 0 Å². The summed E-state index contributed by atoms with van der Waals surface area (Å²) in [7, 11) is 0. The van der Waals surface area contributed by atoms with Crippen LogP contribution in [0.15, 0.2) is 30.5 Å². The van der Waals surface area contributed by atoms with Crippen LogP contribution in [0.1, 0.15) is 29.4 Å². The van der Waals surface area contributed by atoms with E-state index in [1.54, 1.807) is 41.6 Å². The Labute approximate surface area is 138 Å². The van der Waals surface area contributed by atoms with E-state index in [2.05, 4.69) is 10.4 Å². The van der Waals surface area contributed by atoms with Gasteiger partial charge in [0.2, 0.25) is 5.91 Å². The van der Waals surface area contributed by atoms with E-state index in [1.807, 2.05) is 19.2 Å². The fourth-order valence-corrected chi connectivity index (χ4v) is 2.47. The largest absolute Gasteiger partial charge is 0.478 e. The van der Waals surface area contributed by atoms with Gasteiger partial charge in [-0.05, 0) is 31.4 Å². The van der Waals surface area contributed by atoms with Crippen molar-refractivity contribution in [3.8, 4) is 5.69 Å². The third-order valence-electron chi connectivity index (χ3n) is 3.49. The predicted molar refractivity (Wildman–Crippen MR) is 91.5 cm³/mol. The van der Waals surface area contributed by atoms with Crippen molar-refractivity contribution in [3.05, 3.63) is 41.7 Å². The number of hydrogen-bond acceptors (Lipinski definition) is 4. The Hall–Kier alpha value is -2.28. The highest BCUT2D eigenvalue weighted by Gasteiger charge is 2.14. The number of carbonyl (C=O) groups excluding carboxylic acids is 1. The van der Waals surface area contributed by atoms with Crippen LogP contribution < -0.4 is 5.32 Å². The molecule has 1 heterocycles. The molecule has 2 aromatic rings. The molecule has 0 aliphatic heterocycles. The summed E-state index contributed by atoms with van der Waals surface area (Å²) in [5.41, 5.74) is 2.06. The Morgan fingerprint density at radius 2 is 2.17 bits per heavy atom. The number of carboxylic acid groups (broad SMARTS) is 1. The Morgan fingerprint density at radius 3 is 2.78 bits per heavy atom. The van der Waals surface area contributed by atoms with Gasteiger partial charge in [-0.3, -0.25) is 4.79 Å². The highest BCUT2D eigenvalue weighted by Crippen LogP contribution is 2.19. The van der Waals surface area contributed by atoms with Crippen molar-refractivity contribution in [1.29, 1.82) is 0 Å². The van der Waals surface area contributed by atoms with Crippen LogP contribution in [0.5, 0.6) is 0 Å². The van der Waals surface area contributed by atoms with Gasteiger partial charge in [0.15, 0.2) is 0 Å². The van der Waals surface area contributed by atoms with E-state index in [9.17, 15) is 9.59 Å². The van der Waals surface area contributed by atoms with Crippen molar-refractivity contribution in [2.75, 3.05) is 11.6 Å². The molecule has 23 heavy (non-hydrogen) atoms. The first-order chi connectivity index (χ1) is 10.9. The van der Waals surface area contributed by atoms with E-state index in [1.165, 1.54) is 6.20 Å². The van der Waals surface area contributed by atoms with Crippen LogP contribution >= 0.6 is 11.8 Å². The summed E-state index contributed by atoms with van der Waals surface area (Å²) < 4.78 is 1.55. The van der Waals surface area contributed by atoms with Crippen molar-refractivity contribution >= 4 is 29.3 Å². The molecule has 6 nitrogen and oxygen atoms in total. The smallest absolute Gasteiger partial charge is 0.339 e. The first-order valence-electron chi connectivity index (χ1n) is 7.13.